The molecule has 0 radical (unpaired) electrons. The summed E-state index contributed by atoms with van der Waals surface area (Å²) in [7, 11) is -0.382. The topological polar surface area (TPSA) is 107 Å². The van der Waals surface area contributed by atoms with Crippen molar-refractivity contribution in [3.8, 4) is 0 Å². The van der Waals surface area contributed by atoms with E-state index in [1.807, 2.05) is 7.05 Å². The molecule has 1 saturated heterocycles. The molecule has 1 aliphatic rings. The molecular formula is C12H20N4O4S. The van der Waals surface area contributed by atoms with E-state index in [4.69, 9.17) is 5.11 Å². The third-order valence-corrected chi connectivity index (χ3v) is 6.00. The molecule has 2 N–H and O–H groups in total. The molecular weight excluding hydrogens is 296 g/mol. The lowest BCUT2D eigenvalue weighted by molar-refractivity contribution is 0.0686. The highest BCUT2D eigenvalue weighted by Crippen LogP contribution is 2.26. The van der Waals surface area contributed by atoms with E-state index < -0.39 is 21.7 Å². The quantitative estimate of drug-likeness (QED) is 0.818. The second-order valence-electron chi connectivity index (χ2n) is 5.39. The summed E-state index contributed by atoms with van der Waals surface area (Å²) >= 11 is 0. The fourth-order valence-electron chi connectivity index (χ4n) is 2.58. The van der Waals surface area contributed by atoms with Crippen LogP contribution in [0.1, 0.15) is 29.0 Å². The highest BCUT2D eigenvalue weighted by Gasteiger charge is 2.35. The van der Waals surface area contributed by atoms with Gasteiger partial charge in [0.1, 0.15) is 4.90 Å². The van der Waals surface area contributed by atoms with Gasteiger partial charge in [0.05, 0.1) is 5.69 Å². The Bertz CT molecular complexity index is 632. The first-order valence-electron chi connectivity index (χ1n) is 6.70. The van der Waals surface area contributed by atoms with Crippen LogP contribution in [0.2, 0.25) is 0 Å². The smallest absolute Gasteiger partial charge is 0.357 e. The van der Waals surface area contributed by atoms with Crippen LogP contribution in [-0.4, -0.2) is 72.1 Å². The molecule has 8 nitrogen and oxygen atoms in total. The number of nitrogens with one attached hydrogen (secondary N) is 1. The Hall–Kier alpha value is -1.45. The molecule has 2 rings (SSSR count). The van der Waals surface area contributed by atoms with Crippen molar-refractivity contribution in [2.45, 2.75) is 30.7 Å². The third kappa shape index (κ3) is 2.94. The van der Waals surface area contributed by atoms with Gasteiger partial charge < -0.3 is 10.0 Å². The Morgan fingerprint density at radius 1 is 1.43 bits per heavy atom. The van der Waals surface area contributed by atoms with Crippen molar-refractivity contribution in [2.24, 2.45) is 0 Å². The molecule has 0 amide bonds. The van der Waals surface area contributed by atoms with E-state index in [0.29, 0.717) is 0 Å². The Kier molecular flexibility index (Phi) is 4.35. The number of H-pyrrole nitrogens is 1. The molecule has 0 bridgehead atoms. The highest BCUT2D eigenvalue weighted by molar-refractivity contribution is 7.89. The fraction of sp³-hybridized carbons (Fsp3) is 0.667. The lowest BCUT2D eigenvalue weighted by atomic mass is 10.1. The largest absolute Gasteiger partial charge is 0.476 e. The first kappa shape index (κ1) is 15.9. The summed E-state index contributed by atoms with van der Waals surface area (Å²) < 4.78 is 26.7. The van der Waals surface area contributed by atoms with E-state index >= 15 is 0 Å². The monoisotopic (exact) mass is 316 g/mol. The summed E-state index contributed by atoms with van der Waals surface area (Å²) in [5.41, 5.74) is -0.209. The lowest BCUT2D eigenvalue weighted by Crippen LogP contribution is -2.44. The zero-order valence-electron chi connectivity index (χ0n) is 12.3. The maximum absolute atomic E-state index is 12.7. The number of carboxylic acid groups (broad SMARTS) is 1. The maximum Gasteiger partial charge on any atom is 0.357 e. The number of carboxylic acids is 1. The number of likely N-dealkylation sites (tertiary alicyclic amines) is 1. The number of rotatable bonds is 4. The molecule has 0 unspecified atom stereocenters. The van der Waals surface area contributed by atoms with Crippen LogP contribution < -0.4 is 0 Å². The van der Waals surface area contributed by atoms with Gasteiger partial charge in [-0.2, -0.15) is 9.40 Å². The Balaban J connectivity index is 2.34. The van der Waals surface area contributed by atoms with Crippen LogP contribution in [0.15, 0.2) is 4.90 Å². The molecule has 1 aliphatic heterocycles. The van der Waals surface area contributed by atoms with Gasteiger partial charge in [0.15, 0.2) is 5.69 Å². The van der Waals surface area contributed by atoms with Gasteiger partial charge in [-0.15, -0.1) is 0 Å². The van der Waals surface area contributed by atoms with Crippen LogP contribution in [0, 0.1) is 6.92 Å². The molecule has 0 atom stereocenters. The number of aromatic amines is 1. The first-order chi connectivity index (χ1) is 9.75. The molecule has 1 aromatic rings. The molecule has 21 heavy (non-hydrogen) atoms. The van der Waals surface area contributed by atoms with Crippen molar-refractivity contribution >= 4 is 16.0 Å². The second kappa shape index (κ2) is 5.74. The number of hydrogen-bond donors (Lipinski definition) is 2. The lowest BCUT2D eigenvalue weighted by Gasteiger charge is -2.34. The maximum atomic E-state index is 12.7. The van der Waals surface area contributed by atoms with E-state index in [2.05, 4.69) is 15.1 Å². The van der Waals surface area contributed by atoms with Gasteiger partial charge >= 0.3 is 5.97 Å². The van der Waals surface area contributed by atoms with Gasteiger partial charge in [0.25, 0.3) is 0 Å². The average molecular weight is 316 g/mol. The standard InChI is InChI=1S/C12H20N4O4S/c1-8-11(10(12(17)18)14-13-8)21(19,20)16(3)9-4-6-15(2)7-5-9/h9H,4-7H2,1-3H3,(H,13,14)(H,17,18). The van der Waals surface area contributed by atoms with Crippen molar-refractivity contribution in [3.05, 3.63) is 11.4 Å². The van der Waals surface area contributed by atoms with E-state index in [-0.39, 0.29) is 16.6 Å². The number of aromatic nitrogens is 2. The highest BCUT2D eigenvalue weighted by atomic mass is 32.2. The zero-order chi connectivity index (χ0) is 15.8. The predicted molar refractivity (Wildman–Crippen MR) is 75.8 cm³/mol. The summed E-state index contributed by atoms with van der Waals surface area (Å²) in [5.74, 6) is -1.35. The van der Waals surface area contributed by atoms with Crippen molar-refractivity contribution in [1.82, 2.24) is 19.4 Å². The number of carbonyl (C=O) groups is 1. The first-order valence-corrected chi connectivity index (χ1v) is 8.14. The Labute approximate surface area is 123 Å². The number of aryl methyl sites for hydroxylation is 1. The second-order valence-corrected chi connectivity index (χ2v) is 7.32. The SMILES string of the molecule is Cc1[nH]nc(C(=O)O)c1S(=O)(=O)N(C)C1CCN(C)CC1. The average Bonchev–Trinajstić information content (AvgIpc) is 2.81. The summed E-state index contributed by atoms with van der Waals surface area (Å²) in [6.45, 7) is 3.15. The molecule has 1 fully saturated rings. The van der Waals surface area contributed by atoms with Crippen LogP contribution in [0.5, 0.6) is 0 Å². The normalized spacial score (nSPS) is 18.3. The summed E-state index contributed by atoms with van der Waals surface area (Å²) in [5, 5.41) is 15.1. The van der Waals surface area contributed by atoms with E-state index in [0.717, 1.165) is 25.9 Å². The summed E-state index contributed by atoms with van der Waals surface area (Å²) in [6.07, 6.45) is 1.46. The Morgan fingerprint density at radius 2 is 2.00 bits per heavy atom. The van der Waals surface area contributed by atoms with Crippen molar-refractivity contribution in [1.29, 1.82) is 0 Å². The number of sulfonamides is 1. The zero-order valence-corrected chi connectivity index (χ0v) is 13.1. The minimum Gasteiger partial charge on any atom is -0.476 e. The predicted octanol–water partition coefficient (Wildman–Crippen LogP) is 0.131. The van der Waals surface area contributed by atoms with E-state index in [1.165, 1.54) is 18.3 Å². The van der Waals surface area contributed by atoms with Crippen LogP contribution in [-0.2, 0) is 10.0 Å². The van der Waals surface area contributed by atoms with Crippen LogP contribution in [0.3, 0.4) is 0 Å². The van der Waals surface area contributed by atoms with Gasteiger partial charge in [-0.1, -0.05) is 0 Å². The minimum absolute atomic E-state index is 0.123. The van der Waals surface area contributed by atoms with E-state index in [9.17, 15) is 13.2 Å². The molecule has 0 saturated carbocycles. The molecule has 0 spiro atoms. The molecule has 9 heteroatoms. The number of nitrogens with zero attached hydrogens (tertiary/aromatic N) is 3. The van der Waals surface area contributed by atoms with Gasteiger partial charge in [0.2, 0.25) is 10.0 Å². The molecule has 0 aliphatic carbocycles. The van der Waals surface area contributed by atoms with E-state index in [1.54, 1.807) is 0 Å². The molecule has 1 aromatic heterocycles. The van der Waals surface area contributed by atoms with Crippen LogP contribution in [0.25, 0.3) is 0 Å². The third-order valence-electron chi connectivity index (χ3n) is 3.93. The fourth-order valence-corrected chi connectivity index (χ4v) is 4.28. The Morgan fingerprint density at radius 3 is 2.52 bits per heavy atom. The number of piperidine rings is 1. The van der Waals surface area contributed by atoms with Gasteiger partial charge in [-0.3, -0.25) is 5.10 Å². The van der Waals surface area contributed by atoms with Crippen molar-refractivity contribution in [2.75, 3.05) is 27.2 Å². The van der Waals surface area contributed by atoms with Gasteiger partial charge in [-0.25, -0.2) is 13.2 Å². The molecule has 118 valence electrons. The minimum atomic E-state index is -3.88. The molecule has 2 heterocycles. The van der Waals surface area contributed by atoms with Crippen LogP contribution in [0.4, 0.5) is 0 Å². The van der Waals surface area contributed by atoms with Crippen molar-refractivity contribution < 1.29 is 18.3 Å². The van der Waals surface area contributed by atoms with Gasteiger partial charge in [0, 0.05) is 13.1 Å². The number of aromatic carboxylic acids is 1. The van der Waals surface area contributed by atoms with Crippen LogP contribution >= 0.6 is 0 Å². The molecule has 0 aromatic carbocycles. The number of hydrogen-bond acceptors (Lipinski definition) is 5. The summed E-state index contributed by atoms with van der Waals surface area (Å²) in [6, 6.07) is -0.123. The van der Waals surface area contributed by atoms with Crippen molar-refractivity contribution in [3.63, 3.8) is 0 Å². The van der Waals surface area contributed by atoms with Gasteiger partial charge in [-0.05, 0) is 39.9 Å². The summed E-state index contributed by atoms with van der Waals surface area (Å²) in [4.78, 5) is 13.1.